The van der Waals surface area contributed by atoms with Gasteiger partial charge in [0.1, 0.15) is 5.38 Å². The average molecular weight is 334 g/mol. The molecule has 0 bridgehead atoms. The van der Waals surface area contributed by atoms with Crippen LogP contribution < -0.4 is 0 Å². The van der Waals surface area contributed by atoms with Gasteiger partial charge in [-0.15, -0.1) is 11.6 Å². The number of amides is 1. The minimum Gasteiger partial charge on any atom is -0.341 e. The van der Waals surface area contributed by atoms with E-state index in [1.807, 2.05) is 36.1 Å². The number of benzene rings is 1. The molecule has 1 amide bonds. The average Bonchev–Trinajstić information content (AvgIpc) is 3.04. The van der Waals surface area contributed by atoms with Crippen LogP contribution in [0.15, 0.2) is 28.8 Å². The summed E-state index contributed by atoms with van der Waals surface area (Å²) in [6.07, 6.45) is 1.65. The Kier molecular flexibility index (Phi) is 4.66. The molecule has 1 fully saturated rings. The highest BCUT2D eigenvalue weighted by Gasteiger charge is 2.28. The van der Waals surface area contributed by atoms with Gasteiger partial charge in [0.05, 0.1) is 0 Å². The molecule has 6 heteroatoms. The van der Waals surface area contributed by atoms with E-state index in [1.54, 1.807) is 6.92 Å². The topological polar surface area (TPSA) is 59.2 Å². The number of halogens is 1. The van der Waals surface area contributed by atoms with Crippen molar-refractivity contribution < 1.29 is 9.32 Å². The summed E-state index contributed by atoms with van der Waals surface area (Å²) < 4.78 is 5.45. The molecule has 1 saturated heterocycles. The molecule has 23 heavy (non-hydrogen) atoms. The fraction of sp³-hybridized carbons (Fsp3) is 0.471. The van der Waals surface area contributed by atoms with E-state index in [0.29, 0.717) is 24.8 Å². The normalized spacial score (nSPS) is 17.3. The predicted octanol–water partition coefficient (Wildman–Crippen LogP) is 3.38. The fourth-order valence-electron chi connectivity index (χ4n) is 2.90. The van der Waals surface area contributed by atoms with Gasteiger partial charge in [0, 0.05) is 24.6 Å². The molecule has 1 aromatic heterocycles. The molecule has 1 aliphatic rings. The lowest BCUT2D eigenvalue weighted by Gasteiger charge is -2.31. The minimum absolute atomic E-state index is 0.00362. The molecule has 1 aliphatic heterocycles. The first-order valence-electron chi connectivity index (χ1n) is 7.88. The molecule has 1 atom stereocenters. The van der Waals surface area contributed by atoms with Crippen LogP contribution in [0, 0.1) is 6.92 Å². The van der Waals surface area contributed by atoms with Crippen LogP contribution in [0.4, 0.5) is 0 Å². The Morgan fingerprint density at radius 3 is 2.78 bits per heavy atom. The monoisotopic (exact) mass is 333 g/mol. The summed E-state index contributed by atoms with van der Waals surface area (Å²) in [5, 5.41) is 3.63. The molecule has 0 spiro atoms. The van der Waals surface area contributed by atoms with E-state index >= 15 is 0 Å². The van der Waals surface area contributed by atoms with Crippen molar-refractivity contribution in [2.45, 2.75) is 38.0 Å². The number of hydrogen-bond acceptors (Lipinski definition) is 4. The van der Waals surface area contributed by atoms with E-state index < -0.39 is 5.38 Å². The number of hydrogen-bond donors (Lipinski definition) is 0. The predicted molar refractivity (Wildman–Crippen MR) is 88.3 cm³/mol. The summed E-state index contributed by atoms with van der Waals surface area (Å²) in [6, 6.07) is 8.04. The highest BCUT2D eigenvalue weighted by molar-refractivity contribution is 6.30. The molecule has 122 valence electrons. The number of rotatable bonds is 3. The maximum Gasteiger partial charge on any atom is 0.240 e. The molecular formula is C17H20ClN3O2. The van der Waals surface area contributed by atoms with Crippen molar-refractivity contribution in [3.63, 3.8) is 0 Å². The number of aryl methyl sites for hydroxylation is 1. The standard InChI is InChI=1S/C17H20ClN3O2/c1-11-4-3-5-14(10-11)15-19-16(23-20-15)13-6-8-21(9-7-13)17(22)12(2)18/h3-5,10,12-13H,6-9H2,1-2H3/t12-/m0/s1. The lowest BCUT2D eigenvalue weighted by atomic mass is 9.96. The number of piperidine rings is 1. The quantitative estimate of drug-likeness (QED) is 0.808. The van der Waals surface area contributed by atoms with E-state index in [-0.39, 0.29) is 11.8 Å². The van der Waals surface area contributed by atoms with Gasteiger partial charge in [-0.25, -0.2) is 0 Å². The van der Waals surface area contributed by atoms with Gasteiger partial charge < -0.3 is 9.42 Å². The Bertz CT molecular complexity index is 691. The van der Waals surface area contributed by atoms with Gasteiger partial charge in [-0.3, -0.25) is 4.79 Å². The molecule has 0 saturated carbocycles. The summed E-state index contributed by atoms with van der Waals surface area (Å²) in [5.41, 5.74) is 2.12. The molecule has 0 radical (unpaired) electrons. The number of carbonyl (C=O) groups excluding carboxylic acids is 1. The molecule has 2 heterocycles. The molecule has 3 rings (SSSR count). The van der Waals surface area contributed by atoms with Crippen LogP contribution in [0.1, 0.15) is 37.1 Å². The Morgan fingerprint density at radius 2 is 2.13 bits per heavy atom. The summed E-state index contributed by atoms with van der Waals surface area (Å²) in [4.78, 5) is 18.3. The SMILES string of the molecule is Cc1cccc(-c2noc(C3CCN(C(=O)[C@H](C)Cl)CC3)n2)c1. The van der Waals surface area contributed by atoms with Gasteiger partial charge in [0.15, 0.2) is 0 Å². The number of nitrogens with zero attached hydrogens (tertiary/aromatic N) is 3. The maximum atomic E-state index is 11.9. The maximum absolute atomic E-state index is 11.9. The minimum atomic E-state index is -0.470. The van der Waals surface area contributed by atoms with Crippen LogP contribution in [0.2, 0.25) is 0 Å². The van der Waals surface area contributed by atoms with Crippen LogP contribution >= 0.6 is 11.6 Å². The number of alkyl halides is 1. The molecule has 0 unspecified atom stereocenters. The Morgan fingerprint density at radius 1 is 1.39 bits per heavy atom. The fourth-order valence-corrected chi connectivity index (χ4v) is 3.04. The summed E-state index contributed by atoms with van der Waals surface area (Å²) in [5.74, 6) is 1.48. The molecular weight excluding hydrogens is 314 g/mol. The van der Waals surface area contributed by atoms with E-state index in [1.165, 1.54) is 0 Å². The highest BCUT2D eigenvalue weighted by Crippen LogP contribution is 2.29. The summed E-state index contributed by atoms with van der Waals surface area (Å²) in [6.45, 7) is 5.11. The second-order valence-electron chi connectivity index (χ2n) is 6.04. The van der Waals surface area contributed by atoms with Gasteiger partial charge in [-0.05, 0) is 32.8 Å². The van der Waals surface area contributed by atoms with E-state index in [9.17, 15) is 4.79 Å². The van der Waals surface area contributed by atoms with Crippen molar-refractivity contribution in [2.24, 2.45) is 0 Å². The third kappa shape index (κ3) is 3.55. The van der Waals surface area contributed by atoms with E-state index in [0.717, 1.165) is 24.0 Å². The van der Waals surface area contributed by atoms with Crippen molar-refractivity contribution in [2.75, 3.05) is 13.1 Å². The Balaban J connectivity index is 1.67. The smallest absolute Gasteiger partial charge is 0.240 e. The first kappa shape index (κ1) is 16.0. The van der Waals surface area contributed by atoms with Crippen molar-refractivity contribution >= 4 is 17.5 Å². The zero-order valence-electron chi connectivity index (χ0n) is 13.3. The van der Waals surface area contributed by atoms with E-state index in [4.69, 9.17) is 16.1 Å². The van der Waals surface area contributed by atoms with Gasteiger partial charge in [0.25, 0.3) is 0 Å². The van der Waals surface area contributed by atoms with Gasteiger partial charge in [0.2, 0.25) is 17.6 Å². The molecule has 1 aromatic carbocycles. The Hall–Kier alpha value is -1.88. The highest BCUT2D eigenvalue weighted by atomic mass is 35.5. The van der Waals surface area contributed by atoms with Crippen LogP contribution in [-0.4, -0.2) is 39.4 Å². The van der Waals surface area contributed by atoms with Crippen LogP contribution in [0.25, 0.3) is 11.4 Å². The second kappa shape index (κ2) is 6.71. The van der Waals surface area contributed by atoms with Crippen molar-refractivity contribution in [3.8, 4) is 11.4 Å². The molecule has 0 N–H and O–H groups in total. The second-order valence-corrected chi connectivity index (χ2v) is 6.70. The first-order valence-corrected chi connectivity index (χ1v) is 8.31. The first-order chi connectivity index (χ1) is 11.0. The van der Waals surface area contributed by atoms with Crippen molar-refractivity contribution in [1.82, 2.24) is 15.0 Å². The van der Waals surface area contributed by atoms with Crippen molar-refractivity contribution in [1.29, 1.82) is 0 Å². The number of carbonyl (C=O) groups is 1. The summed E-state index contributed by atoms with van der Waals surface area (Å²) in [7, 11) is 0. The molecule has 2 aromatic rings. The summed E-state index contributed by atoms with van der Waals surface area (Å²) >= 11 is 5.87. The molecule has 0 aliphatic carbocycles. The molecule has 5 nitrogen and oxygen atoms in total. The van der Waals surface area contributed by atoms with Crippen LogP contribution in [0.3, 0.4) is 0 Å². The largest absolute Gasteiger partial charge is 0.341 e. The zero-order valence-corrected chi connectivity index (χ0v) is 14.1. The van der Waals surface area contributed by atoms with Gasteiger partial charge in [-0.2, -0.15) is 4.98 Å². The van der Waals surface area contributed by atoms with Gasteiger partial charge in [-0.1, -0.05) is 28.9 Å². The van der Waals surface area contributed by atoms with Gasteiger partial charge >= 0.3 is 0 Å². The van der Waals surface area contributed by atoms with Crippen LogP contribution in [-0.2, 0) is 4.79 Å². The third-order valence-electron chi connectivity index (χ3n) is 4.21. The number of likely N-dealkylation sites (tertiary alicyclic amines) is 1. The number of aromatic nitrogens is 2. The Labute approximate surface area is 140 Å². The lowest BCUT2D eigenvalue weighted by molar-refractivity contribution is -0.131. The van der Waals surface area contributed by atoms with Crippen molar-refractivity contribution in [3.05, 3.63) is 35.7 Å². The van der Waals surface area contributed by atoms with E-state index in [2.05, 4.69) is 10.1 Å². The lowest BCUT2D eigenvalue weighted by Crippen LogP contribution is -2.41. The third-order valence-corrected chi connectivity index (χ3v) is 4.40. The zero-order chi connectivity index (χ0) is 16.4. The van der Waals surface area contributed by atoms with Crippen LogP contribution in [0.5, 0.6) is 0 Å².